The standard InChI is InChI=1S/C14H26N2O4S/c1-10(2)21(18,19)16-9-11-6-7-12(16)8-15(11)13(17)20-14(3,4)5/h10-12H,6-9H2,1-5H3. The second-order valence-electron chi connectivity index (χ2n) is 7.18. The lowest BCUT2D eigenvalue weighted by Gasteiger charge is -2.50. The van der Waals surface area contributed by atoms with Crippen molar-refractivity contribution in [2.24, 2.45) is 0 Å². The Kier molecular flexibility index (Phi) is 4.28. The number of piperazine rings is 1. The van der Waals surface area contributed by atoms with Gasteiger partial charge in [0.05, 0.1) is 5.25 Å². The minimum absolute atomic E-state index is 0.0709. The molecule has 3 aliphatic heterocycles. The highest BCUT2D eigenvalue weighted by Gasteiger charge is 2.47. The molecular weight excluding hydrogens is 292 g/mol. The van der Waals surface area contributed by atoms with E-state index in [0.717, 1.165) is 12.8 Å². The van der Waals surface area contributed by atoms with Gasteiger partial charge in [-0.15, -0.1) is 0 Å². The van der Waals surface area contributed by atoms with E-state index < -0.39 is 20.9 Å². The lowest BCUT2D eigenvalue weighted by atomic mass is 9.93. The Morgan fingerprint density at radius 1 is 1.14 bits per heavy atom. The zero-order valence-electron chi connectivity index (χ0n) is 13.5. The molecule has 3 saturated heterocycles. The smallest absolute Gasteiger partial charge is 0.410 e. The van der Waals surface area contributed by atoms with Gasteiger partial charge in [0.1, 0.15) is 5.60 Å². The summed E-state index contributed by atoms with van der Waals surface area (Å²) in [6.45, 7) is 9.73. The van der Waals surface area contributed by atoms with Crippen molar-refractivity contribution >= 4 is 16.1 Å². The number of piperidine rings is 2. The van der Waals surface area contributed by atoms with Gasteiger partial charge in [-0.3, -0.25) is 0 Å². The lowest BCUT2D eigenvalue weighted by Crippen LogP contribution is -2.66. The number of hydrogen-bond acceptors (Lipinski definition) is 4. The molecule has 1 amide bonds. The fourth-order valence-corrected chi connectivity index (χ4v) is 4.43. The van der Waals surface area contributed by atoms with Crippen molar-refractivity contribution in [1.29, 1.82) is 0 Å². The van der Waals surface area contributed by atoms with Crippen LogP contribution < -0.4 is 0 Å². The van der Waals surface area contributed by atoms with Crippen molar-refractivity contribution in [3.8, 4) is 0 Å². The van der Waals surface area contributed by atoms with Gasteiger partial charge in [-0.1, -0.05) is 0 Å². The summed E-state index contributed by atoms with van der Waals surface area (Å²) >= 11 is 0. The first-order valence-electron chi connectivity index (χ1n) is 7.52. The van der Waals surface area contributed by atoms with Gasteiger partial charge in [-0.25, -0.2) is 13.2 Å². The highest BCUT2D eigenvalue weighted by molar-refractivity contribution is 7.89. The average Bonchev–Trinajstić information content (AvgIpc) is 2.36. The van der Waals surface area contributed by atoms with E-state index in [0.29, 0.717) is 13.1 Å². The van der Waals surface area contributed by atoms with Gasteiger partial charge in [0.25, 0.3) is 0 Å². The van der Waals surface area contributed by atoms with Gasteiger partial charge < -0.3 is 9.64 Å². The molecule has 0 radical (unpaired) electrons. The molecular formula is C14H26N2O4S. The maximum absolute atomic E-state index is 12.4. The van der Waals surface area contributed by atoms with Crippen LogP contribution in [0.3, 0.4) is 0 Å². The number of fused-ring (bicyclic) bond motifs is 3. The summed E-state index contributed by atoms with van der Waals surface area (Å²) in [4.78, 5) is 13.9. The Bertz CT molecular complexity index is 510. The molecule has 0 aromatic rings. The van der Waals surface area contributed by atoms with Crippen LogP contribution in [0, 0.1) is 0 Å². The Labute approximate surface area is 127 Å². The third kappa shape index (κ3) is 3.34. The SMILES string of the molecule is CC(C)S(=O)(=O)N1CC2CCC1CN2C(=O)OC(C)(C)C. The summed E-state index contributed by atoms with van der Waals surface area (Å²) in [5.74, 6) is 0. The van der Waals surface area contributed by atoms with E-state index in [9.17, 15) is 13.2 Å². The molecule has 0 saturated carbocycles. The highest BCUT2D eigenvalue weighted by atomic mass is 32.2. The molecule has 2 atom stereocenters. The van der Waals surface area contributed by atoms with E-state index in [2.05, 4.69) is 0 Å². The maximum Gasteiger partial charge on any atom is 0.410 e. The number of hydrogen-bond donors (Lipinski definition) is 0. The molecule has 3 fully saturated rings. The predicted molar refractivity (Wildman–Crippen MR) is 80.5 cm³/mol. The first-order chi connectivity index (χ1) is 9.52. The van der Waals surface area contributed by atoms with Crippen LogP contribution in [-0.2, 0) is 14.8 Å². The molecule has 0 aromatic carbocycles. The molecule has 0 spiro atoms. The van der Waals surface area contributed by atoms with E-state index in [1.165, 1.54) is 0 Å². The summed E-state index contributed by atoms with van der Waals surface area (Å²) in [7, 11) is -3.26. The van der Waals surface area contributed by atoms with Crippen LogP contribution in [-0.4, -0.2) is 59.7 Å². The third-order valence-electron chi connectivity index (χ3n) is 4.03. The van der Waals surface area contributed by atoms with Gasteiger partial charge in [0.15, 0.2) is 0 Å². The van der Waals surface area contributed by atoms with E-state index in [4.69, 9.17) is 4.74 Å². The molecule has 0 aromatic heterocycles. The molecule has 3 heterocycles. The Morgan fingerprint density at radius 2 is 1.71 bits per heavy atom. The molecule has 122 valence electrons. The van der Waals surface area contributed by atoms with Gasteiger partial charge in [-0.2, -0.15) is 4.31 Å². The fourth-order valence-electron chi connectivity index (χ4n) is 2.92. The minimum atomic E-state index is -3.26. The number of carbonyl (C=O) groups is 1. The molecule has 21 heavy (non-hydrogen) atoms. The van der Waals surface area contributed by atoms with Crippen molar-refractivity contribution < 1.29 is 17.9 Å². The van der Waals surface area contributed by atoms with Crippen LogP contribution in [0.4, 0.5) is 4.79 Å². The number of sulfonamides is 1. The van der Waals surface area contributed by atoms with Crippen molar-refractivity contribution in [2.75, 3.05) is 13.1 Å². The van der Waals surface area contributed by atoms with E-state index in [1.54, 1.807) is 23.1 Å². The predicted octanol–water partition coefficient (Wildman–Crippen LogP) is 1.81. The third-order valence-corrected chi connectivity index (χ3v) is 6.32. The number of nitrogens with zero attached hydrogens (tertiary/aromatic N) is 2. The monoisotopic (exact) mass is 318 g/mol. The van der Waals surface area contributed by atoms with Crippen LogP contribution in [0.5, 0.6) is 0 Å². The van der Waals surface area contributed by atoms with E-state index >= 15 is 0 Å². The molecule has 3 rings (SSSR count). The fraction of sp³-hybridized carbons (Fsp3) is 0.929. The van der Waals surface area contributed by atoms with Crippen LogP contribution in [0.1, 0.15) is 47.5 Å². The minimum Gasteiger partial charge on any atom is -0.444 e. The topological polar surface area (TPSA) is 66.9 Å². The van der Waals surface area contributed by atoms with E-state index in [1.807, 2.05) is 20.8 Å². The van der Waals surface area contributed by atoms with Gasteiger partial charge in [0, 0.05) is 25.2 Å². The van der Waals surface area contributed by atoms with E-state index in [-0.39, 0.29) is 18.2 Å². The summed E-state index contributed by atoms with van der Waals surface area (Å²) < 4.78 is 31.8. The maximum atomic E-state index is 12.4. The number of ether oxygens (including phenoxy) is 1. The van der Waals surface area contributed by atoms with Crippen molar-refractivity contribution in [2.45, 2.75) is 70.4 Å². The zero-order valence-corrected chi connectivity index (χ0v) is 14.3. The van der Waals surface area contributed by atoms with Crippen LogP contribution in [0.15, 0.2) is 0 Å². The van der Waals surface area contributed by atoms with Crippen molar-refractivity contribution in [3.63, 3.8) is 0 Å². The van der Waals surface area contributed by atoms with Gasteiger partial charge >= 0.3 is 6.09 Å². The average molecular weight is 318 g/mol. The number of carbonyl (C=O) groups excluding carboxylic acids is 1. The van der Waals surface area contributed by atoms with Gasteiger partial charge in [0.2, 0.25) is 10.0 Å². The summed E-state index contributed by atoms with van der Waals surface area (Å²) in [5.41, 5.74) is -0.530. The summed E-state index contributed by atoms with van der Waals surface area (Å²) in [5, 5.41) is -0.424. The highest BCUT2D eigenvalue weighted by Crippen LogP contribution is 2.32. The summed E-state index contributed by atoms with van der Waals surface area (Å²) in [6.07, 6.45) is 1.32. The van der Waals surface area contributed by atoms with Crippen LogP contribution in [0.25, 0.3) is 0 Å². The molecule has 2 bridgehead atoms. The Hall–Kier alpha value is -0.820. The second-order valence-corrected chi connectivity index (χ2v) is 9.62. The Balaban J connectivity index is 2.11. The van der Waals surface area contributed by atoms with Crippen LogP contribution >= 0.6 is 0 Å². The second kappa shape index (κ2) is 5.43. The molecule has 0 aliphatic carbocycles. The van der Waals surface area contributed by atoms with Gasteiger partial charge in [-0.05, 0) is 47.5 Å². The van der Waals surface area contributed by atoms with Crippen LogP contribution in [0.2, 0.25) is 0 Å². The molecule has 0 N–H and O–H groups in total. The number of amides is 1. The molecule has 6 nitrogen and oxygen atoms in total. The first-order valence-corrected chi connectivity index (χ1v) is 9.03. The molecule has 2 unspecified atom stereocenters. The zero-order chi connectivity index (χ0) is 16.0. The first kappa shape index (κ1) is 16.5. The normalized spacial score (nSPS) is 27.2. The largest absolute Gasteiger partial charge is 0.444 e. The summed E-state index contributed by atoms with van der Waals surface area (Å²) in [6, 6.07) is -0.187. The Morgan fingerprint density at radius 3 is 2.14 bits per heavy atom. The molecule has 7 heteroatoms. The van der Waals surface area contributed by atoms with Crippen molar-refractivity contribution in [1.82, 2.24) is 9.21 Å². The lowest BCUT2D eigenvalue weighted by molar-refractivity contribution is -0.0204. The number of rotatable bonds is 2. The molecule has 3 aliphatic rings. The quantitative estimate of drug-likeness (QED) is 0.779. The van der Waals surface area contributed by atoms with Crippen molar-refractivity contribution in [3.05, 3.63) is 0 Å².